The summed E-state index contributed by atoms with van der Waals surface area (Å²) in [6.45, 7) is -0.689. The largest absolute Gasteiger partial charge is 0.465 e. The Morgan fingerprint density at radius 2 is 1.82 bits per heavy atom. The van der Waals surface area contributed by atoms with Gasteiger partial charge in [0.1, 0.15) is 0 Å². The van der Waals surface area contributed by atoms with Crippen molar-refractivity contribution < 1.29 is 33.1 Å². The number of amides is 1. The highest BCUT2D eigenvalue weighted by Gasteiger charge is 2.56. The van der Waals surface area contributed by atoms with Crippen molar-refractivity contribution in [3.63, 3.8) is 0 Å². The zero-order valence-electron chi connectivity index (χ0n) is 17.9. The fraction of sp³-hybridized carbons (Fsp3) is 0.318. The second-order valence-corrected chi connectivity index (χ2v) is 7.74. The predicted octanol–water partition coefficient (Wildman–Crippen LogP) is 3.60. The van der Waals surface area contributed by atoms with Gasteiger partial charge in [0.2, 0.25) is 0 Å². The van der Waals surface area contributed by atoms with Gasteiger partial charge in [0.15, 0.2) is 5.60 Å². The number of fused-ring (bicyclic) bond motifs is 1. The lowest BCUT2D eigenvalue weighted by molar-refractivity contribution is -0.384. The number of nitro groups is 1. The van der Waals surface area contributed by atoms with E-state index in [0.29, 0.717) is 0 Å². The number of benzene rings is 2. The van der Waals surface area contributed by atoms with Crippen molar-refractivity contribution in [1.29, 1.82) is 0 Å². The highest BCUT2D eigenvalue weighted by atomic mass is 19.4. The molecule has 1 amide bonds. The summed E-state index contributed by atoms with van der Waals surface area (Å²) in [4.78, 5) is 21.1. The molecule has 1 atom stereocenters. The van der Waals surface area contributed by atoms with Crippen LogP contribution < -0.4 is 10.6 Å². The second-order valence-electron chi connectivity index (χ2n) is 7.74. The number of rotatable bonds is 10. The SMILES string of the molecule is O=C(O)NCCCNCC(O)(c1cn(Cc2ccccc2)c2cc([N+](=O)[O-])ccc12)C(F)(F)F. The molecule has 2 aromatic carbocycles. The molecule has 182 valence electrons. The van der Waals surface area contributed by atoms with Crippen LogP contribution in [0, 0.1) is 10.1 Å². The maximum Gasteiger partial charge on any atom is 0.422 e. The summed E-state index contributed by atoms with van der Waals surface area (Å²) in [5.41, 5.74) is -3.06. The first-order valence-electron chi connectivity index (χ1n) is 10.3. The topological polar surface area (TPSA) is 130 Å². The number of hydrogen-bond acceptors (Lipinski definition) is 5. The van der Waals surface area contributed by atoms with E-state index in [2.05, 4.69) is 10.6 Å². The van der Waals surface area contributed by atoms with Gasteiger partial charge in [0, 0.05) is 48.9 Å². The molecule has 1 unspecified atom stereocenters. The maximum atomic E-state index is 14.1. The van der Waals surface area contributed by atoms with Crippen molar-refractivity contribution in [2.24, 2.45) is 0 Å². The van der Waals surface area contributed by atoms with Gasteiger partial charge < -0.3 is 25.4 Å². The summed E-state index contributed by atoms with van der Waals surface area (Å²) in [6.07, 6.45) is -4.93. The Balaban J connectivity index is 1.99. The van der Waals surface area contributed by atoms with E-state index in [4.69, 9.17) is 5.11 Å². The molecule has 1 heterocycles. The molecule has 1 aromatic heterocycles. The lowest BCUT2D eigenvalue weighted by Crippen LogP contribution is -2.50. The third-order valence-corrected chi connectivity index (χ3v) is 5.37. The van der Waals surface area contributed by atoms with Crippen LogP contribution in [-0.2, 0) is 12.1 Å². The average molecular weight is 480 g/mol. The Morgan fingerprint density at radius 1 is 1.12 bits per heavy atom. The number of non-ortho nitro benzene ring substituents is 1. The van der Waals surface area contributed by atoms with E-state index in [1.807, 2.05) is 0 Å². The molecule has 3 rings (SSSR count). The zero-order valence-corrected chi connectivity index (χ0v) is 17.9. The summed E-state index contributed by atoms with van der Waals surface area (Å²) in [6, 6.07) is 12.3. The molecule has 4 N–H and O–H groups in total. The van der Waals surface area contributed by atoms with E-state index >= 15 is 0 Å². The summed E-state index contributed by atoms with van der Waals surface area (Å²) < 4.78 is 43.9. The van der Waals surface area contributed by atoms with Crippen LogP contribution in [0.25, 0.3) is 10.9 Å². The van der Waals surface area contributed by atoms with Gasteiger partial charge in [-0.1, -0.05) is 30.3 Å². The molecular formula is C22H23F3N4O5. The Bertz CT molecular complexity index is 1170. The molecule has 0 bridgehead atoms. The maximum absolute atomic E-state index is 14.1. The van der Waals surface area contributed by atoms with Crippen molar-refractivity contribution in [2.75, 3.05) is 19.6 Å². The number of nitrogens with zero attached hydrogens (tertiary/aromatic N) is 2. The van der Waals surface area contributed by atoms with Crippen LogP contribution in [0.2, 0.25) is 0 Å². The molecule has 12 heteroatoms. The van der Waals surface area contributed by atoms with Gasteiger partial charge in [-0.15, -0.1) is 0 Å². The monoisotopic (exact) mass is 480 g/mol. The number of nitrogens with one attached hydrogen (secondary N) is 2. The van der Waals surface area contributed by atoms with Gasteiger partial charge in [0.05, 0.1) is 10.4 Å². The Hall–Kier alpha value is -3.64. The van der Waals surface area contributed by atoms with Crippen LogP contribution in [0.5, 0.6) is 0 Å². The molecule has 0 aliphatic rings. The molecule has 0 aliphatic carbocycles. The van der Waals surface area contributed by atoms with Gasteiger partial charge in [-0.25, -0.2) is 4.79 Å². The minimum atomic E-state index is -5.06. The second kappa shape index (κ2) is 10.1. The van der Waals surface area contributed by atoms with Crippen molar-refractivity contribution in [2.45, 2.75) is 24.7 Å². The molecule has 3 aromatic rings. The lowest BCUT2D eigenvalue weighted by atomic mass is 9.92. The fourth-order valence-corrected chi connectivity index (χ4v) is 3.66. The number of nitro benzene ring substituents is 1. The normalized spacial score (nSPS) is 13.5. The predicted molar refractivity (Wildman–Crippen MR) is 118 cm³/mol. The Labute approximate surface area is 192 Å². The number of hydrogen-bond donors (Lipinski definition) is 4. The van der Waals surface area contributed by atoms with E-state index in [0.717, 1.165) is 11.6 Å². The van der Waals surface area contributed by atoms with Gasteiger partial charge in [0.25, 0.3) is 5.69 Å². The Kier molecular flexibility index (Phi) is 7.42. The van der Waals surface area contributed by atoms with E-state index in [1.165, 1.54) is 22.9 Å². The molecular weight excluding hydrogens is 457 g/mol. The number of aliphatic hydroxyl groups is 1. The van der Waals surface area contributed by atoms with Crippen LogP contribution in [0.3, 0.4) is 0 Å². The van der Waals surface area contributed by atoms with Crippen molar-refractivity contribution in [3.05, 3.63) is 76.0 Å². The Morgan fingerprint density at radius 3 is 2.44 bits per heavy atom. The molecule has 0 saturated carbocycles. The number of carboxylic acid groups (broad SMARTS) is 1. The smallest absolute Gasteiger partial charge is 0.422 e. The average Bonchev–Trinajstić information content (AvgIpc) is 3.13. The number of alkyl halides is 3. The van der Waals surface area contributed by atoms with Crippen molar-refractivity contribution in [1.82, 2.24) is 15.2 Å². The van der Waals surface area contributed by atoms with Gasteiger partial charge in [-0.2, -0.15) is 13.2 Å². The lowest BCUT2D eigenvalue weighted by Gasteiger charge is -2.31. The molecule has 9 nitrogen and oxygen atoms in total. The molecule has 34 heavy (non-hydrogen) atoms. The first-order chi connectivity index (χ1) is 16.0. The molecule has 0 saturated heterocycles. The van der Waals surface area contributed by atoms with Crippen molar-refractivity contribution in [3.8, 4) is 0 Å². The summed E-state index contributed by atoms with van der Waals surface area (Å²) in [7, 11) is 0. The highest BCUT2D eigenvalue weighted by Crippen LogP contribution is 2.43. The molecule has 0 fully saturated rings. The van der Waals surface area contributed by atoms with E-state index in [1.54, 1.807) is 30.3 Å². The summed E-state index contributed by atoms with van der Waals surface area (Å²) in [5.74, 6) is 0. The van der Waals surface area contributed by atoms with E-state index < -0.39 is 34.9 Å². The number of aromatic nitrogens is 1. The standard InChI is InChI=1S/C22H23F3N4O5/c23-22(24,25)21(32,14-26-9-4-10-27-20(30)31)18-13-28(12-15-5-2-1-3-6-15)19-11-16(29(33)34)7-8-17(18)19/h1-3,5-8,11,13,26-27,32H,4,9-10,12,14H2,(H,30,31). The molecule has 0 aliphatic heterocycles. The van der Waals surface area contributed by atoms with E-state index in [-0.39, 0.29) is 42.6 Å². The molecule has 0 radical (unpaired) electrons. The third kappa shape index (κ3) is 5.46. The minimum Gasteiger partial charge on any atom is -0.465 e. The zero-order chi connectivity index (χ0) is 24.9. The van der Waals surface area contributed by atoms with Crippen LogP contribution >= 0.6 is 0 Å². The van der Waals surface area contributed by atoms with Gasteiger partial charge in [-0.05, 0) is 24.6 Å². The third-order valence-electron chi connectivity index (χ3n) is 5.37. The number of carbonyl (C=O) groups is 1. The van der Waals surface area contributed by atoms with E-state index in [9.17, 15) is 33.2 Å². The summed E-state index contributed by atoms with van der Waals surface area (Å²) >= 11 is 0. The van der Waals surface area contributed by atoms with Crippen LogP contribution in [-0.4, -0.2) is 51.6 Å². The minimum absolute atomic E-state index is 0.0206. The van der Waals surface area contributed by atoms with Crippen LogP contribution in [0.1, 0.15) is 17.5 Å². The van der Waals surface area contributed by atoms with Crippen LogP contribution in [0.15, 0.2) is 54.7 Å². The number of halogens is 3. The fourth-order valence-electron chi connectivity index (χ4n) is 3.66. The van der Waals surface area contributed by atoms with Crippen LogP contribution in [0.4, 0.5) is 23.7 Å². The van der Waals surface area contributed by atoms with Gasteiger partial charge >= 0.3 is 12.3 Å². The molecule has 0 spiro atoms. The quantitative estimate of drug-likeness (QED) is 0.199. The highest BCUT2D eigenvalue weighted by molar-refractivity contribution is 5.87. The van der Waals surface area contributed by atoms with Gasteiger partial charge in [-0.3, -0.25) is 10.1 Å². The summed E-state index contributed by atoms with van der Waals surface area (Å²) in [5, 5.41) is 35.4. The first kappa shape index (κ1) is 25.0. The first-order valence-corrected chi connectivity index (χ1v) is 10.3. The van der Waals surface area contributed by atoms with Crippen molar-refractivity contribution >= 4 is 22.7 Å².